The summed E-state index contributed by atoms with van der Waals surface area (Å²) in [4.78, 5) is 2.38. The highest BCUT2D eigenvalue weighted by atomic mass is 32.2. The molecule has 2 aliphatic heterocycles. The van der Waals surface area contributed by atoms with E-state index in [1.807, 2.05) is 24.3 Å². The highest BCUT2D eigenvalue weighted by Gasteiger charge is 2.48. The number of piperidine rings is 1. The average Bonchev–Trinajstić information content (AvgIpc) is 2.83. The molecule has 0 N–H and O–H groups in total. The van der Waals surface area contributed by atoms with Crippen molar-refractivity contribution < 1.29 is 4.55 Å². The second-order valence-electron chi connectivity index (χ2n) is 8.19. The summed E-state index contributed by atoms with van der Waals surface area (Å²) in [7, 11) is 0. The van der Waals surface area contributed by atoms with Crippen LogP contribution in [-0.4, -0.2) is 34.8 Å². The van der Waals surface area contributed by atoms with E-state index in [-0.39, 0.29) is 6.04 Å². The fraction of sp³-hybridized carbons (Fsp3) is 0.240. The van der Waals surface area contributed by atoms with Gasteiger partial charge in [0.05, 0.1) is 11.8 Å². The van der Waals surface area contributed by atoms with Crippen molar-refractivity contribution in [2.24, 2.45) is 4.40 Å². The number of nitrogens with zero attached hydrogens (tertiary/aromatic N) is 3. The molecule has 3 aromatic carbocycles. The van der Waals surface area contributed by atoms with E-state index in [0.29, 0.717) is 18.5 Å². The van der Waals surface area contributed by atoms with Gasteiger partial charge in [0.2, 0.25) is 0 Å². The Bertz CT molecular complexity index is 1070. The van der Waals surface area contributed by atoms with Gasteiger partial charge in [-0.05, 0) is 27.2 Å². The van der Waals surface area contributed by atoms with Crippen molar-refractivity contribution in [2.75, 3.05) is 13.1 Å². The number of hydroxylamine groups is 1. The van der Waals surface area contributed by atoms with Gasteiger partial charge in [0.15, 0.2) is 5.69 Å². The molecule has 6 heteroatoms. The Morgan fingerprint density at radius 3 is 2.26 bits per heavy atom. The molecule has 0 bridgehead atoms. The molecule has 2 heterocycles. The second-order valence-corrected chi connectivity index (χ2v) is 9.41. The Labute approximate surface area is 186 Å². The van der Waals surface area contributed by atoms with Crippen LogP contribution in [0.3, 0.4) is 0 Å². The van der Waals surface area contributed by atoms with Gasteiger partial charge in [-0.25, -0.2) is 0 Å². The zero-order valence-corrected chi connectivity index (χ0v) is 18.1. The van der Waals surface area contributed by atoms with Crippen LogP contribution in [0.5, 0.6) is 0 Å². The van der Waals surface area contributed by atoms with Crippen molar-refractivity contribution in [2.45, 2.75) is 25.4 Å². The average molecular weight is 432 g/mol. The molecule has 0 radical (unpaired) electrons. The highest BCUT2D eigenvalue weighted by Crippen LogP contribution is 2.39. The van der Waals surface area contributed by atoms with Crippen LogP contribution in [-0.2, 0) is 18.1 Å². The minimum absolute atomic E-state index is 0.240. The Morgan fingerprint density at radius 2 is 1.52 bits per heavy atom. The number of rotatable bonds is 4. The smallest absolute Gasteiger partial charge is 0.310 e. The van der Waals surface area contributed by atoms with Gasteiger partial charge in [-0.15, -0.1) is 4.05 Å². The highest BCUT2D eigenvalue weighted by molar-refractivity contribution is 7.90. The summed E-state index contributed by atoms with van der Waals surface area (Å²) in [6, 6.07) is 26.2. The summed E-state index contributed by atoms with van der Waals surface area (Å²) in [5.41, 5.74) is 5.05. The molecule has 0 spiro atoms. The van der Waals surface area contributed by atoms with Crippen molar-refractivity contribution in [1.82, 2.24) is 8.95 Å². The van der Waals surface area contributed by atoms with E-state index in [1.165, 1.54) is 16.7 Å². The quantitative estimate of drug-likeness (QED) is 0.338. The third-order valence-corrected chi connectivity index (χ3v) is 7.54. The zero-order valence-electron chi connectivity index (χ0n) is 17.3. The first-order valence-corrected chi connectivity index (χ1v) is 11.7. The molecule has 5 rings (SSSR count). The van der Waals surface area contributed by atoms with Crippen LogP contribution >= 0.6 is 0 Å². The standard InChI is InChI=1S/C25H25N3O2S/c29-28(25-9-5-4-8-23(25)18-26-31(28)30)24-14-16-27(17-15-24)19-20-10-12-22(13-11-20)21-6-2-1-3-7-21/h1-13,18,24H,14-17,19H2. The minimum Gasteiger partial charge on any atom is -0.579 e. The van der Waals surface area contributed by atoms with E-state index in [0.717, 1.165) is 25.2 Å². The molecule has 31 heavy (non-hydrogen) atoms. The lowest BCUT2D eigenvalue weighted by molar-refractivity contribution is 0.171. The number of fused-ring (bicyclic) bond motifs is 1. The normalized spacial score (nSPS) is 24.1. The fourth-order valence-electron chi connectivity index (χ4n) is 4.57. The number of hydrogen-bond acceptors (Lipinski definition) is 4. The summed E-state index contributed by atoms with van der Waals surface area (Å²) in [6.45, 7) is 2.49. The minimum atomic E-state index is -1.84. The van der Waals surface area contributed by atoms with Gasteiger partial charge in [0, 0.05) is 38.5 Å². The molecule has 0 saturated carbocycles. The molecule has 158 valence electrons. The van der Waals surface area contributed by atoms with Crippen molar-refractivity contribution in [3.63, 3.8) is 0 Å². The molecule has 0 aliphatic carbocycles. The number of benzene rings is 3. The molecule has 1 fully saturated rings. The summed E-state index contributed by atoms with van der Waals surface area (Å²) in [5.74, 6) is 0. The topological polar surface area (TPSA) is 61.7 Å². The number of para-hydroxylation sites is 1. The molecular formula is C25H25N3O2S. The van der Waals surface area contributed by atoms with E-state index in [9.17, 15) is 9.76 Å². The number of likely N-dealkylation sites (tertiary alicyclic amines) is 1. The first kappa shape index (κ1) is 20.4. The predicted molar refractivity (Wildman–Crippen MR) is 128 cm³/mol. The van der Waals surface area contributed by atoms with E-state index in [1.54, 1.807) is 12.3 Å². The molecule has 2 unspecified atom stereocenters. The first-order chi connectivity index (χ1) is 15.1. The molecular weight excluding hydrogens is 406 g/mol. The lowest BCUT2D eigenvalue weighted by atomic mass is 10.0. The molecule has 5 nitrogen and oxygen atoms in total. The van der Waals surface area contributed by atoms with Crippen LogP contribution in [0.2, 0.25) is 0 Å². The Morgan fingerprint density at radius 1 is 0.871 bits per heavy atom. The van der Waals surface area contributed by atoms with Crippen LogP contribution in [0.25, 0.3) is 11.1 Å². The van der Waals surface area contributed by atoms with Crippen LogP contribution in [0, 0.1) is 5.21 Å². The van der Waals surface area contributed by atoms with Crippen molar-refractivity contribution in [1.29, 1.82) is 0 Å². The van der Waals surface area contributed by atoms with Crippen LogP contribution < -0.4 is 4.05 Å². The van der Waals surface area contributed by atoms with Gasteiger partial charge in [-0.2, -0.15) is 0 Å². The van der Waals surface area contributed by atoms with Crippen molar-refractivity contribution >= 4 is 23.4 Å². The second kappa shape index (κ2) is 8.57. The summed E-state index contributed by atoms with van der Waals surface area (Å²) in [5, 5.41) is 13.8. The van der Waals surface area contributed by atoms with Crippen molar-refractivity contribution in [3.05, 3.63) is 95.2 Å². The first-order valence-electron chi connectivity index (χ1n) is 10.7. The van der Waals surface area contributed by atoms with E-state index >= 15 is 0 Å². The number of hydrogen-bond donors (Lipinski definition) is 0. The number of quaternary nitrogens is 1. The third kappa shape index (κ3) is 3.93. The molecule has 3 aromatic rings. The van der Waals surface area contributed by atoms with Crippen LogP contribution in [0.1, 0.15) is 24.0 Å². The largest absolute Gasteiger partial charge is 0.579 e. The Balaban J connectivity index is 1.24. The van der Waals surface area contributed by atoms with Crippen molar-refractivity contribution in [3.8, 4) is 11.1 Å². The summed E-state index contributed by atoms with van der Waals surface area (Å²) >= 11 is -1.84. The van der Waals surface area contributed by atoms with E-state index < -0.39 is 15.6 Å². The summed E-state index contributed by atoms with van der Waals surface area (Å²) < 4.78 is 15.8. The zero-order chi connectivity index (χ0) is 21.3. The van der Waals surface area contributed by atoms with Crippen LogP contribution in [0.4, 0.5) is 5.69 Å². The molecule has 2 aliphatic rings. The summed E-state index contributed by atoms with van der Waals surface area (Å²) in [6.07, 6.45) is 2.98. The van der Waals surface area contributed by atoms with E-state index in [4.69, 9.17) is 0 Å². The molecule has 1 saturated heterocycles. The van der Waals surface area contributed by atoms with E-state index in [2.05, 4.69) is 57.8 Å². The maximum Gasteiger partial charge on any atom is 0.310 e. The maximum absolute atomic E-state index is 13.8. The van der Waals surface area contributed by atoms with Gasteiger partial charge >= 0.3 is 11.5 Å². The monoisotopic (exact) mass is 431 g/mol. The Hall–Kier alpha value is -2.48. The van der Waals surface area contributed by atoms with Crippen LogP contribution in [0.15, 0.2) is 83.3 Å². The van der Waals surface area contributed by atoms with Gasteiger partial charge in [0.25, 0.3) is 0 Å². The molecule has 0 amide bonds. The lowest BCUT2D eigenvalue weighted by Crippen LogP contribution is -2.59. The van der Waals surface area contributed by atoms with Gasteiger partial charge < -0.3 is 9.76 Å². The SMILES string of the molecule is [O-][S+]1N=Cc2ccccc2[N+]1([O-])C1CCN(Cc2ccc(-c3ccccc3)cc2)CC1. The fourth-order valence-corrected chi connectivity index (χ4v) is 5.71. The van der Waals surface area contributed by atoms with Gasteiger partial charge in [-0.1, -0.05) is 66.7 Å². The molecule has 0 aromatic heterocycles. The van der Waals surface area contributed by atoms with Gasteiger partial charge in [0.1, 0.15) is 6.04 Å². The molecule has 2 atom stereocenters. The lowest BCUT2D eigenvalue weighted by Gasteiger charge is -2.46. The van der Waals surface area contributed by atoms with Gasteiger partial charge in [-0.3, -0.25) is 4.90 Å². The maximum atomic E-state index is 13.8. The predicted octanol–water partition coefficient (Wildman–Crippen LogP) is 4.83. The Kier molecular flexibility index (Phi) is 5.65. The third-order valence-electron chi connectivity index (χ3n) is 6.29.